The molecule has 1 aliphatic heterocycles. The van der Waals surface area contributed by atoms with Crippen molar-refractivity contribution in [3.05, 3.63) is 35.4 Å². The molecule has 3 amide bonds. The van der Waals surface area contributed by atoms with E-state index in [1.54, 1.807) is 52.1 Å². The molecule has 0 saturated heterocycles. The lowest BCUT2D eigenvalue weighted by Gasteiger charge is -2.25. The van der Waals surface area contributed by atoms with Crippen LogP contribution in [0.4, 0.5) is 4.79 Å². The highest BCUT2D eigenvalue weighted by Crippen LogP contribution is 2.22. The molecule has 1 aromatic carbocycles. The number of carbonyl (C=O) groups is 3. The van der Waals surface area contributed by atoms with Crippen molar-refractivity contribution >= 4 is 17.9 Å². The maximum atomic E-state index is 12.2. The zero-order chi connectivity index (χ0) is 17.2. The van der Waals surface area contributed by atoms with E-state index in [1.807, 2.05) is 0 Å². The van der Waals surface area contributed by atoms with E-state index >= 15 is 0 Å². The highest BCUT2D eigenvalue weighted by molar-refractivity contribution is 6.21. The molecule has 0 unspecified atom stereocenters. The second-order valence-electron chi connectivity index (χ2n) is 6.56. The molecule has 124 valence electrons. The SMILES string of the molecule is CN(CCCN1C(=O)c2ccccc2C1=O)C(=O)OC(C)(C)C. The van der Waals surface area contributed by atoms with Crippen LogP contribution in [0, 0.1) is 0 Å². The van der Waals surface area contributed by atoms with Crippen LogP contribution in [0.5, 0.6) is 0 Å². The quantitative estimate of drug-likeness (QED) is 0.800. The van der Waals surface area contributed by atoms with Gasteiger partial charge in [0.05, 0.1) is 11.1 Å². The second kappa shape index (κ2) is 6.40. The average Bonchev–Trinajstić information content (AvgIpc) is 2.71. The van der Waals surface area contributed by atoms with Gasteiger partial charge in [0.15, 0.2) is 0 Å². The molecule has 0 saturated carbocycles. The first kappa shape index (κ1) is 17.0. The molecule has 23 heavy (non-hydrogen) atoms. The molecule has 6 nitrogen and oxygen atoms in total. The lowest BCUT2D eigenvalue weighted by molar-refractivity contribution is 0.0294. The summed E-state index contributed by atoms with van der Waals surface area (Å²) >= 11 is 0. The Bertz CT molecular complexity index is 599. The smallest absolute Gasteiger partial charge is 0.410 e. The molecule has 2 rings (SSSR count). The number of ether oxygens (including phenoxy) is 1. The first-order valence-electron chi connectivity index (χ1n) is 7.60. The van der Waals surface area contributed by atoms with Gasteiger partial charge in [0.2, 0.25) is 0 Å². The molecule has 0 radical (unpaired) electrons. The van der Waals surface area contributed by atoms with Crippen LogP contribution < -0.4 is 0 Å². The number of hydrogen-bond donors (Lipinski definition) is 0. The lowest BCUT2D eigenvalue weighted by Crippen LogP contribution is -2.37. The van der Waals surface area contributed by atoms with Crippen LogP contribution in [-0.4, -0.2) is 53.4 Å². The molecular weight excluding hydrogens is 296 g/mol. The predicted molar refractivity (Wildman–Crippen MR) is 85.3 cm³/mol. The third-order valence-corrected chi connectivity index (χ3v) is 3.46. The van der Waals surface area contributed by atoms with Crippen molar-refractivity contribution in [1.29, 1.82) is 0 Å². The molecule has 0 N–H and O–H groups in total. The summed E-state index contributed by atoms with van der Waals surface area (Å²) in [6, 6.07) is 6.79. The van der Waals surface area contributed by atoms with Crippen molar-refractivity contribution in [3.63, 3.8) is 0 Å². The Morgan fingerprint density at radius 1 is 1.13 bits per heavy atom. The van der Waals surface area contributed by atoms with Crippen molar-refractivity contribution in [2.45, 2.75) is 32.8 Å². The van der Waals surface area contributed by atoms with Crippen LogP contribution in [0.15, 0.2) is 24.3 Å². The van der Waals surface area contributed by atoms with E-state index in [-0.39, 0.29) is 18.4 Å². The summed E-state index contributed by atoms with van der Waals surface area (Å²) in [5, 5.41) is 0. The molecule has 0 spiro atoms. The van der Waals surface area contributed by atoms with E-state index in [0.29, 0.717) is 24.1 Å². The van der Waals surface area contributed by atoms with Crippen molar-refractivity contribution < 1.29 is 19.1 Å². The Balaban J connectivity index is 1.87. The van der Waals surface area contributed by atoms with Gasteiger partial charge < -0.3 is 9.64 Å². The van der Waals surface area contributed by atoms with Gasteiger partial charge in [0.1, 0.15) is 5.60 Å². The first-order chi connectivity index (χ1) is 10.7. The van der Waals surface area contributed by atoms with E-state index in [9.17, 15) is 14.4 Å². The fourth-order valence-electron chi connectivity index (χ4n) is 2.34. The van der Waals surface area contributed by atoms with Gasteiger partial charge in [-0.1, -0.05) is 12.1 Å². The molecule has 0 bridgehead atoms. The zero-order valence-corrected chi connectivity index (χ0v) is 14.0. The minimum absolute atomic E-state index is 0.273. The van der Waals surface area contributed by atoms with Gasteiger partial charge in [-0.15, -0.1) is 0 Å². The van der Waals surface area contributed by atoms with Crippen LogP contribution in [0.25, 0.3) is 0 Å². The molecule has 0 fully saturated rings. The van der Waals surface area contributed by atoms with Gasteiger partial charge in [0.25, 0.3) is 11.8 Å². The summed E-state index contributed by atoms with van der Waals surface area (Å²) in [4.78, 5) is 38.9. The number of carbonyl (C=O) groups excluding carboxylic acids is 3. The summed E-state index contributed by atoms with van der Waals surface area (Å²) in [6.07, 6.45) is 0.0844. The highest BCUT2D eigenvalue weighted by Gasteiger charge is 2.34. The van der Waals surface area contributed by atoms with E-state index in [2.05, 4.69) is 0 Å². The third kappa shape index (κ3) is 3.88. The Morgan fingerprint density at radius 3 is 2.13 bits per heavy atom. The molecule has 0 atom stereocenters. The monoisotopic (exact) mass is 318 g/mol. The van der Waals surface area contributed by atoms with E-state index in [1.165, 1.54) is 9.80 Å². The van der Waals surface area contributed by atoms with Gasteiger partial charge in [-0.25, -0.2) is 4.79 Å². The summed E-state index contributed by atoms with van der Waals surface area (Å²) < 4.78 is 5.25. The van der Waals surface area contributed by atoms with Gasteiger partial charge in [-0.3, -0.25) is 14.5 Å². The minimum atomic E-state index is -0.548. The number of fused-ring (bicyclic) bond motifs is 1. The van der Waals surface area contributed by atoms with Crippen LogP contribution in [0.1, 0.15) is 47.9 Å². The van der Waals surface area contributed by atoms with Crippen molar-refractivity contribution in [3.8, 4) is 0 Å². The summed E-state index contributed by atoms with van der Waals surface area (Å²) in [7, 11) is 1.64. The summed E-state index contributed by atoms with van der Waals surface area (Å²) in [5.74, 6) is -0.545. The van der Waals surface area contributed by atoms with Crippen LogP contribution in [0.2, 0.25) is 0 Å². The Kier molecular flexibility index (Phi) is 4.73. The fourth-order valence-corrected chi connectivity index (χ4v) is 2.34. The maximum Gasteiger partial charge on any atom is 0.410 e. The molecule has 0 aromatic heterocycles. The predicted octanol–water partition coefficient (Wildman–Crippen LogP) is 2.54. The Morgan fingerprint density at radius 2 is 1.65 bits per heavy atom. The van der Waals surface area contributed by atoms with Gasteiger partial charge in [-0.05, 0) is 39.3 Å². The highest BCUT2D eigenvalue weighted by atomic mass is 16.6. The van der Waals surface area contributed by atoms with Crippen molar-refractivity contribution in [1.82, 2.24) is 9.80 Å². The van der Waals surface area contributed by atoms with Crippen LogP contribution in [0.3, 0.4) is 0 Å². The minimum Gasteiger partial charge on any atom is -0.444 e. The van der Waals surface area contributed by atoms with Crippen molar-refractivity contribution in [2.24, 2.45) is 0 Å². The Labute approximate surface area is 136 Å². The number of benzene rings is 1. The third-order valence-electron chi connectivity index (χ3n) is 3.46. The van der Waals surface area contributed by atoms with E-state index in [0.717, 1.165) is 0 Å². The normalized spacial score (nSPS) is 14.0. The standard InChI is InChI=1S/C17H22N2O4/c1-17(2,3)23-16(22)18(4)10-7-11-19-14(20)12-8-5-6-9-13(12)15(19)21/h5-6,8-9H,7,10-11H2,1-4H3. The van der Waals surface area contributed by atoms with E-state index < -0.39 is 11.7 Å². The molecule has 1 aromatic rings. The largest absolute Gasteiger partial charge is 0.444 e. The average molecular weight is 318 g/mol. The summed E-state index contributed by atoms with van der Waals surface area (Å²) in [6.45, 7) is 6.09. The zero-order valence-electron chi connectivity index (χ0n) is 14.0. The number of rotatable bonds is 4. The first-order valence-corrected chi connectivity index (χ1v) is 7.60. The number of imide groups is 1. The van der Waals surface area contributed by atoms with Crippen LogP contribution in [-0.2, 0) is 4.74 Å². The molecule has 1 heterocycles. The molecule has 6 heteroatoms. The maximum absolute atomic E-state index is 12.2. The number of amides is 3. The summed E-state index contributed by atoms with van der Waals surface area (Å²) in [5.41, 5.74) is 0.337. The topological polar surface area (TPSA) is 66.9 Å². The molecular formula is C17H22N2O4. The second-order valence-corrected chi connectivity index (χ2v) is 6.56. The number of nitrogens with zero attached hydrogens (tertiary/aromatic N) is 2. The van der Waals surface area contributed by atoms with Gasteiger partial charge in [0, 0.05) is 20.1 Å². The number of hydrogen-bond acceptors (Lipinski definition) is 4. The van der Waals surface area contributed by atoms with Crippen LogP contribution >= 0.6 is 0 Å². The van der Waals surface area contributed by atoms with E-state index in [4.69, 9.17) is 4.74 Å². The lowest BCUT2D eigenvalue weighted by atomic mass is 10.1. The Hall–Kier alpha value is -2.37. The van der Waals surface area contributed by atoms with Gasteiger partial charge >= 0.3 is 6.09 Å². The molecule has 1 aliphatic rings. The molecule has 0 aliphatic carbocycles. The van der Waals surface area contributed by atoms with Gasteiger partial charge in [-0.2, -0.15) is 0 Å². The van der Waals surface area contributed by atoms with Crippen molar-refractivity contribution in [2.75, 3.05) is 20.1 Å². The fraction of sp³-hybridized carbons (Fsp3) is 0.471.